The highest BCUT2D eigenvalue weighted by Crippen LogP contribution is 2.35. The number of aromatic nitrogens is 4. The van der Waals surface area contributed by atoms with Crippen LogP contribution in [0.5, 0.6) is 0 Å². The molecule has 0 amide bonds. The van der Waals surface area contributed by atoms with Crippen LogP contribution in [-0.4, -0.2) is 20.2 Å². The molecule has 2 aliphatic carbocycles. The van der Waals surface area contributed by atoms with E-state index in [2.05, 4.69) is 25.6 Å². The Hall–Kier alpha value is -1.01. The van der Waals surface area contributed by atoms with E-state index in [4.69, 9.17) is 5.84 Å². The lowest BCUT2D eigenvalue weighted by atomic mass is 9.83. The highest BCUT2D eigenvalue weighted by molar-refractivity contribution is 4.97. The van der Waals surface area contributed by atoms with Gasteiger partial charge in [0, 0.05) is 0 Å². The number of hydrogen-bond acceptors (Lipinski definition) is 5. The summed E-state index contributed by atoms with van der Waals surface area (Å²) in [4.78, 5) is 0. The zero-order valence-corrected chi connectivity index (χ0v) is 12.2. The molecule has 1 heterocycles. The molecule has 2 fully saturated rings. The summed E-state index contributed by atoms with van der Waals surface area (Å²) in [7, 11) is 0. The minimum absolute atomic E-state index is 0.104. The fraction of sp³-hybridized carbons (Fsp3) is 0.929. The molecule has 2 saturated carbocycles. The quantitative estimate of drug-likeness (QED) is 0.652. The van der Waals surface area contributed by atoms with E-state index in [1.54, 1.807) is 0 Å². The van der Waals surface area contributed by atoms with Crippen molar-refractivity contribution in [2.24, 2.45) is 11.8 Å². The van der Waals surface area contributed by atoms with Crippen molar-refractivity contribution in [2.45, 2.75) is 76.3 Å². The second kappa shape index (κ2) is 6.63. The summed E-state index contributed by atoms with van der Waals surface area (Å²) in [6.45, 7) is 0. The van der Waals surface area contributed by atoms with E-state index in [1.165, 1.54) is 64.2 Å². The summed E-state index contributed by atoms with van der Waals surface area (Å²) in [5.74, 6) is 7.36. The third kappa shape index (κ3) is 2.86. The second-order valence-corrected chi connectivity index (χ2v) is 6.32. The summed E-state index contributed by atoms with van der Waals surface area (Å²) in [5.41, 5.74) is 2.99. The van der Waals surface area contributed by atoms with Gasteiger partial charge in [0.25, 0.3) is 0 Å². The van der Waals surface area contributed by atoms with Crippen molar-refractivity contribution in [1.82, 2.24) is 25.6 Å². The van der Waals surface area contributed by atoms with Crippen LogP contribution in [0.3, 0.4) is 0 Å². The number of nitrogens with zero attached hydrogens (tertiary/aromatic N) is 4. The van der Waals surface area contributed by atoms with E-state index < -0.39 is 0 Å². The Morgan fingerprint density at radius 3 is 2.30 bits per heavy atom. The Bertz CT molecular complexity index is 406. The highest BCUT2D eigenvalue weighted by atomic mass is 15.6. The molecule has 1 atom stereocenters. The third-order valence-corrected chi connectivity index (χ3v) is 5.02. The van der Waals surface area contributed by atoms with Gasteiger partial charge in [-0.25, -0.2) is 10.1 Å². The lowest BCUT2D eigenvalue weighted by Gasteiger charge is -2.30. The van der Waals surface area contributed by atoms with Crippen LogP contribution in [0.4, 0.5) is 0 Å². The van der Waals surface area contributed by atoms with Gasteiger partial charge in [-0.2, -0.15) is 0 Å². The van der Waals surface area contributed by atoms with E-state index in [0.29, 0.717) is 12.0 Å². The SMILES string of the molecule is NNC(c1nnnn1C1CCCCC1)C1CCCCC1. The lowest BCUT2D eigenvalue weighted by Crippen LogP contribution is -2.37. The second-order valence-electron chi connectivity index (χ2n) is 6.32. The van der Waals surface area contributed by atoms with Gasteiger partial charge in [-0.3, -0.25) is 5.84 Å². The third-order valence-electron chi connectivity index (χ3n) is 5.02. The predicted octanol–water partition coefficient (Wildman–Crippen LogP) is 2.26. The molecule has 3 N–H and O–H groups in total. The van der Waals surface area contributed by atoms with Gasteiger partial charge < -0.3 is 0 Å². The summed E-state index contributed by atoms with van der Waals surface area (Å²) >= 11 is 0. The highest BCUT2D eigenvalue weighted by Gasteiger charge is 2.30. The Morgan fingerprint density at radius 2 is 1.65 bits per heavy atom. The van der Waals surface area contributed by atoms with Crippen molar-refractivity contribution < 1.29 is 0 Å². The number of hydrogen-bond donors (Lipinski definition) is 2. The zero-order valence-electron chi connectivity index (χ0n) is 12.2. The summed E-state index contributed by atoms with van der Waals surface area (Å²) in [6, 6.07) is 0.570. The zero-order chi connectivity index (χ0) is 13.8. The van der Waals surface area contributed by atoms with Crippen LogP contribution in [0, 0.1) is 5.92 Å². The molecule has 112 valence electrons. The number of hydrazine groups is 1. The van der Waals surface area contributed by atoms with E-state index in [0.717, 1.165) is 5.82 Å². The van der Waals surface area contributed by atoms with Crippen LogP contribution in [0.2, 0.25) is 0 Å². The molecular weight excluding hydrogens is 252 g/mol. The van der Waals surface area contributed by atoms with Crippen molar-refractivity contribution in [3.8, 4) is 0 Å². The standard InChI is InChI=1S/C14H26N6/c15-16-13(11-7-3-1-4-8-11)14-17-18-19-20(14)12-9-5-2-6-10-12/h11-13,16H,1-10,15H2. The van der Waals surface area contributed by atoms with Crippen LogP contribution in [0.1, 0.15) is 82.1 Å². The van der Waals surface area contributed by atoms with Crippen LogP contribution in [-0.2, 0) is 0 Å². The monoisotopic (exact) mass is 278 g/mol. The number of nitrogens with one attached hydrogen (secondary N) is 1. The first-order valence-corrected chi connectivity index (χ1v) is 8.14. The molecule has 6 nitrogen and oxygen atoms in total. The Morgan fingerprint density at radius 1 is 1.00 bits per heavy atom. The summed E-state index contributed by atoms with van der Waals surface area (Å²) in [6.07, 6.45) is 12.7. The fourth-order valence-corrected chi connectivity index (χ4v) is 3.88. The Kier molecular flexibility index (Phi) is 4.62. The van der Waals surface area contributed by atoms with Crippen molar-refractivity contribution >= 4 is 0 Å². The molecule has 0 bridgehead atoms. The fourth-order valence-electron chi connectivity index (χ4n) is 3.88. The minimum atomic E-state index is 0.104. The molecule has 0 saturated heterocycles. The number of rotatable bonds is 4. The molecule has 2 aliphatic rings. The van der Waals surface area contributed by atoms with Gasteiger partial charge >= 0.3 is 0 Å². The Labute approximate surface area is 120 Å². The van der Waals surface area contributed by atoms with Crippen molar-refractivity contribution in [1.29, 1.82) is 0 Å². The van der Waals surface area contributed by atoms with Gasteiger partial charge in [0.1, 0.15) is 0 Å². The van der Waals surface area contributed by atoms with Gasteiger partial charge in [-0.15, -0.1) is 5.10 Å². The van der Waals surface area contributed by atoms with Gasteiger partial charge in [0.15, 0.2) is 5.82 Å². The number of nitrogens with two attached hydrogens (primary N) is 1. The van der Waals surface area contributed by atoms with E-state index in [9.17, 15) is 0 Å². The van der Waals surface area contributed by atoms with Gasteiger partial charge in [0.05, 0.1) is 12.1 Å². The van der Waals surface area contributed by atoms with Crippen LogP contribution < -0.4 is 11.3 Å². The van der Waals surface area contributed by atoms with E-state index >= 15 is 0 Å². The maximum Gasteiger partial charge on any atom is 0.170 e. The average Bonchev–Trinajstić information content (AvgIpc) is 2.99. The minimum Gasteiger partial charge on any atom is -0.271 e. The maximum atomic E-state index is 5.83. The molecule has 0 aliphatic heterocycles. The topological polar surface area (TPSA) is 81.7 Å². The lowest BCUT2D eigenvalue weighted by molar-refractivity contribution is 0.242. The maximum absolute atomic E-state index is 5.83. The first kappa shape index (κ1) is 13.9. The largest absolute Gasteiger partial charge is 0.271 e. The van der Waals surface area contributed by atoms with Gasteiger partial charge in [-0.1, -0.05) is 38.5 Å². The van der Waals surface area contributed by atoms with Gasteiger partial charge in [-0.05, 0) is 42.0 Å². The average molecular weight is 278 g/mol. The molecule has 0 spiro atoms. The molecule has 1 aromatic heterocycles. The molecule has 1 unspecified atom stereocenters. The van der Waals surface area contributed by atoms with E-state index in [-0.39, 0.29) is 6.04 Å². The predicted molar refractivity (Wildman–Crippen MR) is 76.6 cm³/mol. The van der Waals surface area contributed by atoms with E-state index in [1.807, 2.05) is 0 Å². The molecule has 0 aromatic carbocycles. The van der Waals surface area contributed by atoms with Crippen molar-refractivity contribution in [3.05, 3.63) is 5.82 Å². The van der Waals surface area contributed by atoms with Crippen molar-refractivity contribution in [2.75, 3.05) is 0 Å². The molecule has 0 radical (unpaired) electrons. The first-order chi connectivity index (χ1) is 9.90. The van der Waals surface area contributed by atoms with Crippen LogP contribution in [0.25, 0.3) is 0 Å². The molecule has 1 aromatic rings. The molecule has 6 heteroatoms. The summed E-state index contributed by atoms with van der Waals surface area (Å²) < 4.78 is 2.05. The molecular formula is C14H26N6. The molecule has 3 rings (SSSR count). The summed E-state index contributed by atoms with van der Waals surface area (Å²) in [5, 5.41) is 12.5. The first-order valence-electron chi connectivity index (χ1n) is 8.14. The smallest absolute Gasteiger partial charge is 0.170 e. The molecule has 20 heavy (non-hydrogen) atoms. The van der Waals surface area contributed by atoms with Crippen LogP contribution >= 0.6 is 0 Å². The normalized spacial score (nSPS) is 23.9. The van der Waals surface area contributed by atoms with Crippen molar-refractivity contribution in [3.63, 3.8) is 0 Å². The number of tetrazole rings is 1. The van der Waals surface area contributed by atoms with Gasteiger partial charge in [0.2, 0.25) is 0 Å². The Balaban J connectivity index is 1.78. The van der Waals surface area contributed by atoms with Crippen LogP contribution in [0.15, 0.2) is 0 Å².